The number of benzene rings is 2. The summed E-state index contributed by atoms with van der Waals surface area (Å²) >= 11 is 7.37. The molecule has 144 valence electrons. The van der Waals surface area contributed by atoms with Crippen molar-refractivity contribution in [2.45, 2.75) is 19.6 Å². The van der Waals surface area contributed by atoms with E-state index in [9.17, 15) is 4.79 Å². The molecule has 2 aromatic carbocycles. The molecular weight excluding hydrogens is 384 g/mol. The maximum absolute atomic E-state index is 11.9. The number of carbonyl (C=O) groups is 1. The Morgan fingerprint density at radius 1 is 1.11 bits per heavy atom. The van der Waals surface area contributed by atoms with Gasteiger partial charge in [-0.05, 0) is 55.3 Å². The van der Waals surface area contributed by atoms with Crippen LogP contribution in [0, 0.1) is 0 Å². The van der Waals surface area contributed by atoms with E-state index in [1.807, 2.05) is 56.3 Å². The maximum Gasteiger partial charge on any atom is 0.250 e. The summed E-state index contributed by atoms with van der Waals surface area (Å²) in [6.07, 6.45) is 1.58. The van der Waals surface area contributed by atoms with E-state index in [0.717, 1.165) is 16.9 Å². The van der Waals surface area contributed by atoms with Gasteiger partial charge in [0.25, 0.3) is 0 Å². The molecule has 0 fully saturated rings. The van der Waals surface area contributed by atoms with Crippen molar-refractivity contribution in [1.29, 1.82) is 0 Å². The summed E-state index contributed by atoms with van der Waals surface area (Å²) in [5.41, 5.74) is 4.47. The monoisotopic (exact) mass is 406 g/mol. The van der Waals surface area contributed by atoms with Crippen LogP contribution < -0.4 is 14.9 Å². The minimum atomic E-state index is -0.152. The fourth-order valence-corrected chi connectivity index (χ4v) is 3.11. The molecule has 0 aliphatic heterocycles. The highest BCUT2D eigenvalue weighted by Crippen LogP contribution is 2.28. The van der Waals surface area contributed by atoms with E-state index in [1.54, 1.807) is 6.21 Å². The zero-order valence-corrected chi connectivity index (χ0v) is 17.0. The highest BCUT2D eigenvalue weighted by Gasteiger charge is 2.05. The second-order valence-corrected chi connectivity index (χ2v) is 6.91. The average molecular weight is 407 g/mol. The summed E-state index contributed by atoms with van der Waals surface area (Å²) in [4.78, 5) is 11.9. The molecule has 0 radical (unpaired) electrons. The Morgan fingerprint density at radius 3 is 2.52 bits per heavy atom. The van der Waals surface area contributed by atoms with Gasteiger partial charge in [-0.15, -0.1) is 11.8 Å². The highest BCUT2D eigenvalue weighted by molar-refractivity contribution is 7.99. The van der Waals surface area contributed by atoms with Gasteiger partial charge >= 0.3 is 0 Å². The molecule has 0 saturated heterocycles. The summed E-state index contributed by atoms with van der Waals surface area (Å²) in [5.74, 6) is 2.27. The zero-order valence-electron chi connectivity index (χ0n) is 15.4. The lowest BCUT2D eigenvalue weighted by atomic mass is 10.2. The molecule has 1 N–H and O–H groups in total. The lowest BCUT2D eigenvalue weighted by molar-refractivity contribution is -0.118. The van der Waals surface area contributed by atoms with E-state index in [0.29, 0.717) is 35.5 Å². The smallest absolute Gasteiger partial charge is 0.250 e. The van der Waals surface area contributed by atoms with Crippen molar-refractivity contribution in [3.05, 3.63) is 58.6 Å². The van der Waals surface area contributed by atoms with Crippen LogP contribution in [0.25, 0.3) is 0 Å². The van der Waals surface area contributed by atoms with Crippen LogP contribution >= 0.6 is 23.4 Å². The van der Waals surface area contributed by atoms with Crippen LogP contribution in [-0.2, 0) is 10.5 Å². The van der Waals surface area contributed by atoms with Crippen molar-refractivity contribution in [2.75, 3.05) is 19.0 Å². The first-order valence-corrected chi connectivity index (χ1v) is 10.2. The first-order valence-electron chi connectivity index (χ1n) is 8.66. The molecule has 5 nitrogen and oxygen atoms in total. The van der Waals surface area contributed by atoms with E-state index in [-0.39, 0.29) is 5.91 Å². The Kier molecular flexibility index (Phi) is 9.01. The van der Waals surface area contributed by atoms with Crippen LogP contribution in [0.15, 0.2) is 47.6 Å². The third-order valence-corrected chi connectivity index (χ3v) is 4.64. The van der Waals surface area contributed by atoms with Gasteiger partial charge in [-0.3, -0.25) is 4.79 Å². The van der Waals surface area contributed by atoms with Crippen molar-refractivity contribution in [3.63, 3.8) is 0 Å². The molecule has 0 aliphatic carbocycles. The molecule has 0 atom stereocenters. The molecule has 2 rings (SSSR count). The normalized spacial score (nSPS) is 10.8. The lowest BCUT2D eigenvalue weighted by Gasteiger charge is -2.11. The number of hydrazone groups is 1. The van der Waals surface area contributed by atoms with Crippen molar-refractivity contribution in [2.24, 2.45) is 5.10 Å². The Balaban J connectivity index is 1.80. The van der Waals surface area contributed by atoms with E-state index in [1.165, 1.54) is 11.8 Å². The number of rotatable bonds is 10. The fraction of sp³-hybridized carbons (Fsp3) is 0.300. The van der Waals surface area contributed by atoms with Crippen LogP contribution in [0.5, 0.6) is 11.5 Å². The second kappa shape index (κ2) is 11.5. The number of thioether (sulfide) groups is 1. The van der Waals surface area contributed by atoms with Crippen molar-refractivity contribution in [3.8, 4) is 11.5 Å². The fourth-order valence-electron chi connectivity index (χ4n) is 2.20. The van der Waals surface area contributed by atoms with Gasteiger partial charge in [-0.25, -0.2) is 5.43 Å². The number of amides is 1. The van der Waals surface area contributed by atoms with Crippen molar-refractivity contribution < 1.29 is 14.3 Å². The van der Waals surface area contributed by atoms with Crippen molar-refractivity contribution >= 4 is 35.5 Å². The van der Waals surface area contributed by atoms with Gasteiger partial charge in [-0.2, -0.15) is 5.10 Å². The molecule has 0 unspecified atom stereocenters. The zero-order chi connectivity index (χ0) is 19.5. The molecular formula is C20H23ClN2O3S. The van der Waals surface area contributed by atoms with Gasteiger partial charge in [0.2, 0.25) is 5.91 Å². The Labute approximate surface area is 169 Å². The molecule has 0 heterocycles. The molecule has 2 aromatic rings. The number of carbonyl (C=O) groups excluding carboxylic acids is 1. The van der Waals surface area contributed by atoms with Crippen LogP contribution in [0.2, 0.25) is 5.02 Å². The Morgan fingerprint density at radius 2 is 1.81 bits per heavy atom. The van der Waals surface area contributed by atoms with Gasteiger partial charge in [-0.1, -0.05) is 23.7 Å². The molecule has 0 saturated carbocycles. The summed E-state index contributed by atoms with van der Waals surface area (Å²) in [6, 6.07) is 13.1. The summed E-state index contributed by atoms with van der Waals surface area (Å²) in [7, 11) is 0. The van der Waals surface area contributed by atoms with Crippen LogP contribution in [0.1, 0.15) is 25.0 Å². The minimum absolute atomic E-state index is 0.152. The SMILES string of the molecule is CCOc1ccc(/C=N\NC(=O)CSCc2ccc(Cl)cc2)cc1OCC. The summed E-state index contributed by atoms with van der Waals surface area (Å²) in [6.45, 7) is 4.95. The molecule has 0 aliphatic rings. The van der Waals surface area contributed by atoms with Crippen molar-refractivity contribution in [1.82, 2.24) is 5.43 Å². The van der Waals surface area contributed by atoms with Gasteiger partial charge in [0.15, 0.2) is 11.5 Å². The average Bonchev–Trinajstić information content (AvgIpc) is 2.66. The Bertz CT molecular complexity index is 766. The maximum atomic E-state index is 11.9. The first kappa shape index (κ1) is 21.1. The lowest BCUT2D eigenvalue weighted by Crippen LogP contribution is -2.19. The standard InChI is InChI=1S/C20H23ClN2O3S/c1-3-25-18-10-7-16(11-19(18)26-4-2)12-22-23-20(24)14-27-13-15-5-8-17(21)9-6-15/h5-12H,3-4,13-14H2,1-2H3,(H,23,24)/b22-12-. The van der Waals surface area contributed by atoms with Gasteiger partial charge in [0.1, 0.15) is 0 Å². The number of hydrogen-bond donors (Lipinski definition) is 1. The van der Waals surface area contributed by atoms with Gasteiger partial charge in [0.05, 0.1) is 25.2 Å². The number of hydrogen-bond acceptors (Lipinski definition) is 5. The predicted molar refractivity (Wildman–Crippen MR) is 112 cm³/mol. The van der Waals surface area contributed by atoms with E-state index >= 15 is 0 Å². The van der Waals surface area contributed by atoms with E-state index in [2.05, 4.69) is 10.5 Å². The summed E-state index contributed by atoms with van der Waals surface area (Å²) in [5, 5.41) is 4.71. The molecule has 7 heteroatoms. The summed E-state index contributed by atoms with van der Waals surface area (Å²) < 4.78 is 11.1. The topological polar surface area (TPSA) is 59.9 Å². The second-order valence-electron chi connectivity index (χ2n) is 5.48. The number of halogens is 1. The van der Waals surface area contributed by atoms with E-state index < -0.39 is 0 Å². The third kappa shape index (κ3) is 7.53. The first-order chi connectivity index (χ1) is 13.1. The molecule has 27 heavy (non-hydrogen) atoms. The van der Waals surface area contributed by atoms with E-state index in [4.69, 9.17) is 21.1 Å². The van der Waals surface area contributed by atoms with Gasteiger partial charge < -0.3 is 9.47 Å². The molecule has 1 amide bonds. The molecule has 0 spiro atoms. The largest absolute Gasteiger partial charge is 0.490 e. The van der Waals surface area contributed by atoms with Crippen LogP contribution in [-0.4, -0.2) is 31.1 Å². The van der Waals surface area contributed by atoms with Crippen LogP contribution in [0.4, 0.5) is 0 Å². The molecule has 0 aromatic heterocycles. The van der Waals surface area contributed by atoms with Gasteiger partial charge in [0, 0.05) is 10.8 Å². The quantitative estimate of drug-likeness (QED) is 0.465. The Hall–Kier alpha value is -2.18. The number of nitrogens with one attached hydrogen (secondary N) is 1. The number of nitrogens with zero attached hydrogens (tertiary/aromatic N) is 1. The van der Waals surface area contributed by atoms with Crippen LogP contribution in [0.3, 0.4) is 0 Å². The molecule has 0 bridgehead atoms. The predicted octanol–water partition coefficient (Wildman–Crippen LogP) is 4.52. The third-order valence-electron chi connectivity index (χ3n) is 3.39. The minimum Gasteiger partial charge on any atom is -0.490 e. The number of ether oxygens (including phenoxy) is 2. The highest BCUT2D eigenvalue weighted by atomic mass is 35.5.